The molecule has 0 aliphatic carbocycles. The summed E-state index contributed by atoms with van der Waals surface area (Å²) in [6, 6.07) is 17.4. The fourth-order valence-electron chi connectivity index (χ4n) is 5.97. The lowest BCUT2D eigenvalue weighted by Crippen LogP contribution is -2.11. The third-order valence-electron chi connectivity index (χ3n) is 9.08. The quantitative estimate of drug-likeness (QED) is 0.0527. The third kappa shape index (κ3) is 8.94. The Balaban J connectivity index is 1.21. The van der Waals surface area contributed by atoms with Gasteiger partial charge in [-0.15, -0.1) is 22.7 Å². The van der Waals surface area contributed by atoms with Gasteiger partial charge in [0.2, 0.25) is 0 Å². The number of esters is 2. The minimum Gasteiger partial charge on any atom is -0.493 e. The maximum absolute atomic E-state index is 13.2. The Bertz CT molecular complexity index is 1800. The molecule has 5 rings (SSSR count). The summed E-state index contributed by atoms with van der Waals surface area (Å²) in [5, 5.41) is 2.45. The number of hydrogen-bond donors (Lipinski definition) is 0. The van der Waals surface area contributed by atoms with Crippen LogP contribution >= 0.6 is 22.7 Å². The van der Waals surface area contributed by atoms with E-state index in [0.717, 1.165) is 35.8 Å². The van der Waals surface area contributed by atoms with Crippen molar-refractivity contribution in [2.75, 3.05) is 13.7 Å². The molecular formula is C40H48O5S2. The topological polar surface area (TPSA) is 61.8 Å². The molecule has 0 amide bonds. The van der Waals surface area contributed by atoms with Crippen molar-refractivity contribution in [1.82, 2.24) is 0 Å². The Kier molecular flexibility index (Phi) is 12.7. The molecule has 0 spiro atoms. The van der Waals surface area contributed by atoms with Gasteiger partial charge in [-0.3, -0.25) is 0 Å². The highest BCUT2D eigenvalue weighted by molar-refractivity contribution is 7.36. The van der Waals surface area contributed by atoms with Crippen molar-refractivity contribution < 1.29 is 23.8 Å². The Morgan fingerprint density at radius 1 is 0.702 bits per heavy atom. The monoisotopic (exact) mass is 672 g/mol. The number of aryl methyl sites for hydroxylation is 1. The fraction of sp³-hybridized carbons (Fsp3) is 0.450. The third-order valence-corrected chi connectivity index (χ3v) is 11.6. The number of hydrogen-bond acceptors (Lipinski definition) is 7. The van der Waals surface area contributed by atoms with Crippen LogP contribution in [0.3, 0.4) is 0 Å². The summed E-state index contributed by atoms with van der Waals surface area (Å²) >= 11 is 3.56. The van der Waals surface area contributed by atoms with Gasteiger partial charge in [-0.2, -0.15) is 0 Å². The number of carbonyl (C=O) groups excluding carboxylic acids is 2. The molecule has 0 saturated carbocycles. The zero-order valence-electron chi connectivity index (χ0n) is 28.3. The van der Waals surface area contributed by atoms with E-state index in [4.69, 9.17) is 14.2 Å². The summed E-state index contributed by atoms with van der Waals surface area (Å²) < 4.78 is 21.6. The van der Waals surface area contributed by atoms with E-state index in [1.165, 1.54) is 83.5 Å². The molecule has 0 unspecified atom stereocenters. The smallest absolute Gasteiger partial charge is 0.343 e. The lowest BCUT2D eigenvalue weighted by molar-refractivity contribution is 0.0493. The van der Waals surface area contributed by atoms with Gasteiger partial charge in [-0.05, 0) is 73.6 Å². The molecule has 0 saturated heterocycles. The molecule has 0 N–H and O–H groups in total. The number of benzene rings is 3. The second kappa shape index (κ2) is 17.1. The zero-order chi connectivity index (χ0) is 33.2. The van der Waals surface area contributed by atoms with Gasteiger partial charge in [0.05, 0.1) is 34.2 Å². The summed E-state index contributed by atoms with van der Waals surface area (Å²) in [7, 11) is 1.49. The van der Waals surface area contributed by atoms with Crippen LogP contribution in [0.5, 0.6) is 11.5 Å². The lowest BCUT2D eigenvalue weighted by Gasteiger charge is -2.12. The van der Waals surface area contributed by atoms with Gasteiger partial charge >= 0.3 is 11.9 Å². The summed E-state index contributed by atoms with van der Waals surface area (Å²) in [4.78, 5) is 25.8. The van der Waals surface area contributed by atoms with Crippen LogP contribution in [0, 0.1) is 5.92 Å². The minimum atomic E-state index is -0.474. The molecule has 250 valence electrons. The number of methoxy groups -OCH3 is 1. The fourth-order valence-corrected chi connectivity index (χ4v) is 8.72. The molecule has 1 atom stereocenters. The summed E-state index contributed by atoms with van der Waals surface area (Å²) in [5.74, 6) is 0.283. The first-order valence-corrected chi connectivity index (χ1v) is 19.0. The highest BCUT2D eigenvalue weighted by atomic mass is 32.1. The van der Waals surface area contributed by atoms with Gasteiger partial charge in [-0.1, -0.05) is 90.3 Å². The molecule has 0 aliphatic rings. The molecule has 0 radical (unpaired) electrons. The zero-order valence-corrected chi connectivity index (χ0v) is 30.0. The van der Waals surface area contributed by atoms with Crippen LogP contribution in [0.15, 0.2) is 54.6 Å². The summed E-state index contributed by atoms with van der Waals surface area (Å²) in [5.41, 5.74) is 2.25. The Morgan fingerprint density at radius 3 is 2.04 bits per heavy atom. The average molecular weight is 673 g/mol. The van der Waals surface area contributed by atoms with Crippen LogP contribution in [-0.2, 0) is 11.2 Å². The van der Waals surface area contributed by atoms with Gasteiger partial charge in [0.25, 0.3) is 0 Å². The molecule has 0 fully saturated rings. The van der Waals surface area contributed by atoms with E-state index in [1.54, 1.807) is 29.5 Å². The predicted octanol–water partition coefficient (Wildman–Crippen LogP) is 12.2. The summed E-state index contributed by atoms with van der Waals surface area (Å²) in [6.07, 6.45) is 14.8. The SMILES string of the molecule is CCCCCCCCCCc1ccc2c(c1)sc1c3ccc(C(=O)Oc4ccc(C(=O)OCCC[C@@H](C)CC)cc4OC)cc3sc21. The molecule has 7 heteroatoms. The second-order valence-electron chi connectivity index (χ2n) is 12.7. The van der Waals surface area contributed by atoms with Crippen molar-refractivity contribution in [3.05, 3.63) is 71.3 Å². The largest absolute Gasteiger partial charge is 0.493 e. The Morgan fingerprint density at radius 2 is 1.34 bits per heavy atom. The first-order chi connectivity index (χ1) is 22.9. The number of fused-ring (bicyclic) bond motifs is 5. The van der Waals surface area contributed by atoms with E-state index >= 15 is 0 Å². The van der Waals surface area contributed by atoms with Crippen LogP contribution < -0.4 is 9.47 Å². The number of ether oxygens (including phenoxy) is 3. The van der Waals surface area contributed by atoms with Gasteiger partial charge < -0.3 is 14.2 Å². The first-order valence-electron chi connectivity index (χ1n) is 17.4. The number of unbranched alkanes of at least 4 members (excludes halogenated alkanes) is 7. The molecule has 47 heavy (non-hydrogen) atoms. The predicted molar refractivity (Wildman–Crippen MR) is 198 cm³/mol. The van der Waals surface area contributed by atoms with Gasteiger partial charge in [0.1, 0.15) is 0 Å². The van der Waals surface area contributed by atoms with Crippen molar-refractivity contribution in [3.63, 3.8) is 0 Å². The Labute approximate surface area is 287 Å². The molecule has 0 bridgehead atoms. The van der Waals surface area contributed by atoms with Gasteiger partial charge in [0.15, 0.2) is 11.5 Å². The molecule has 5 nitrogen and oxygen atoms in total. The van der Waals surface area contributed by atoms with Crippen molar-refractivity contribution in [3.8, 4) is 11.5 Å². The molecule has 0 aliphatic heterocycles. The Hall–Kier alpha value is -3.42. The standard InChI is InChI=1S/C40H48O5S2/c1-5-7-8-9-10-11-12-13-16-28-17-20-31-35(24-28)46-38-32-21-18-30(26-36(32)47-37(31)38)40(42)45-33-22-19-29(25-34(33)43-4)39(41)44-23-14-15-27(3)6-2/h17-22,24-27H,5-16,23H2,1-4H3/t27-/m0/s1. The highest BCUT2D eigenvalue weighted by Crippen LogP contribution is 2.44. The normalized spacial score (nSPS) is 12.2. The first kappa shape index (κ1) is 34.9. The van der Waals surface area contributed by atoms with Crippen LogP contribution in [0.4, 0.5) is 0 Å². The minimum absolute atomic E-state index is 0.256. The lowest BCUT2D eigenvalue weighted by atomic mass is 10.0. The molecule has 5 aromatic rings. The van der Waals surface area contributed by atoms with E-state index in [-0.39, 0.29) is 5.75 Å². The van der Waals surface area contributed by atoms with E-state index < -0.39 is 11.9 Å². The van der Waals surface area contributed by atoms with E-state index in [2.05, 4.69) is 39.0 Å². The van der Waals surface area contributed by atoms with E-state index in [1.807, 2.05) is 29.5 Å². The van der Waals surface area contributed by atoms with E-state index in [9.17, 15) is 9.59 Å². The average Bonchev–Trinajstić information content (AvgIpc) is 3.62. The molecule has 3 aromatic carbocycles. The number of thiophene rings is 2. The highest BCUT2D eigenvalue weighted by Gasteiger charge is 2.19. The van der Waals surface area contributed by atoms with Crippen molar-refractivity contribution in [2.24, 2.45) is 5.92 Å². The number of carbonyl (C=O) groups is 2. The molecule has 2 aromatic heterocycles. The second-order valence-corrected chi connectivity index (χ2v) is 14.8. The van der Waals surface area contributed by atoms with Crippen molar-refractivity contribution >= 4 is 64.2 Å². The van der Waals surface area contributed by atoms with Crippen LogP contribution in [-0.4, -0.2) is 25.7 Å². The van der Waals surface area contributed by atoms with Crippen LogP contribution in [0.25, 0.3) is 29.6 Å². The van der Waals surface area contributed by atoms with Crippen molar-refractivity contribution in [1.29, 1.82) is 0 Å². The van der Waals surface area contributed by atoms with E-state index in [0.29, 0.717) is 29.4 Å². The van der Waals surface area contributed by atoms with Crippen molar-refractivity contribution in [2.45, 2.75) is 97.8 Å². The van der Waals surface area contributed by atoms with Crippen LogP contribution in [0.1, 0.15) is 118 Å². The van der Waals surface area contributed by atoms with Gasteiger partial charge in [-0.25, -0.2) is 9.59 Å². The summed E-state index contributed by atoms with van der Waals surface area (Å²) in [6.45, 7) is 7.00. The van der Waals surface area contributed by atoms with Crippen LogP contribution in [0.2, 0.25) is 0 Å². The van der Waals surface area contributed by atoms with Gasteiger partial charge in [0, 0.05) is 20.2 Å². The maximum atomic E-state index is 13.2. The maximum Gasteiger partial charge on any atom is 0.343 e. The number of rotatable bonds is 18. The molecule has 2 heterocycles. The molecular weight excluding hydrogens is 625 g/mol.